The molecule has 0 aromatic heterocycles. The average Bonchev–Trinajstić information content (AvgIpc) is 2.48. The van der Waals surface area contributed by atoms with Gasteiger partial charge in [-0.3, -0.25) is 0 Å². The van der Waals surface area contributed by atoms with Crippen molar-refractivity contribution >= 4 is 0 Å². The molecule has 0 atom stereocenters. The van der Waals surface area contributed by atoms with E-state index in [0.29, 0.717) is 52.6 Å². The highest BCUT2D eigenvalue weighted by molar-refractivity contribution is 4.54. The summed E-state index contributed by atoms with van der Waals surface area (Å²) in [6.45, 7) is 11.5. The van der Waals surface area contributed by atoms with E-state index < -0.39 is 11.6 Å². The standard InChI is InChI=1S/2C7H18N2O2/c2*1-7(2,10-5-3-8)11-6-4-9/h2*3-6,8-9H2,1-2H3. The monoisotopic (exact) mass is 324 g/mol. The van der Waals surface area contributed by atoms with Gasteiger partial charge in [0.15, 0.2) is 11.6 Å². The normalized spacial score (nSPS) is 12.0. The second kappa shape index (κ2) is 14.3. The van der Waals surface area contributed by atoms with Crippen LogP contribution in [-0.2, 0) is 18.9 Å². The van der Waals surface area contributed by atoms with Crippen LogP contribution in [0.15, 0.2) is 0 Å². The van der Waals surface area contributed by atoms with E-state index in [2.05, 4.69) is 0 Å². The molecular formula is C14H36N4O4. The second-order valence-electron chi connectivity index (χ2n) is 5.35. The Labute approximate surface area is 134 Å². The molecule has 0 fully saturated rings. The van der Waals surface area contributed by atoms with Crippen LogP contribution >= 0.6 is 0 Å². The molecule has 0 aromatic rings. The highest BCUT2D eigenvalue weighted by Gasteiger charge is 2.17. The minimum absolute atomic E-state index is 0.509. The third-order valence-corrected chi connectivity index (χ3v) is 2.27. The molecule has 0 heterocycles. The van der Waals surface area contributed by atoms with Crippen LogP contribution in [0, 0.1) is 0 Å². The lowest BCUT2D eigenvalue weighted by molar-refractivity contribution is -0.210. The van der Waals surface area contributed by atoms with Crippen LogP contribution < -0.4 is 22.9 Å². The quantitative estimate of drug-likeness (QED) is 0.347. The Morgan fingerprint density at radius 3 is 0.818 bits per heavy atom. The Morgan fingerprint density at radius 2 is 0.682 bits per heavy atom. The fourth-order valence-corrected chi connectivity index (χ4v) is 1.30. The van der Waals surface area contributed by atoms with Crippen LogP contribution in [-0.4, -0.2) is 64.2 Å². The van der Waals surface area contributed by atoms with E-state index in [1.165, 1.54) is 0 Å². The first-order valence-electron chi connectivity index (χ1n) is 7.60. The van der Waals surface area contributed by atoms with Crippen molar-refractivity contribution in [3.8, 4) is 0 Å². The smallest absolute Gasteiger partial charge is 0.162 e. The zero-order valence-corrected chi connectivity index (χ0v) is 14.6. The van der Waals surface area contributed by atoms with Gasteiger partial charge in [0.1, 0.15) is 0 Å². The van der Waals surface area contributed by atoms with Crippen LogP contribution in [0.3, 0.4) is 0 Å². The van der Waals surface area contributed by atoms with E-state index in [-0.39, 0.29) is 0 Å². The van der Waals surface area contributed by atoms with Crippen molar-refractivity contribution in [1.82, 2.24) is 0 Å². The van der Waals surface area contributed by atoms with Crippen molar-refractivity contribution in [3.63, 3.8) is 0 Å². The molecule has 0 amide bonds. The first-order chi connectivity index (χ1) is 10.2. The summed E-state index contributed by atoms with van der Waals surface area (Å²) in [6, 6.07) is 0. The summed E-state index contributed by atoms with van der Waals surface area (Å²) >= 11 is 0. The van der Waals surface area contributed by atoms with Gasteiger partial charge in [-0.1, -0.05) is 0 Å². The van der Waals surface area contributed by atoms with Gasteiger partial charge in [-0.15, -0.1) is 0 Å². The molecule has 8 N–H and O–H groups in total. The lowest BCUT2D eigenvalue weighted by Crippen LogP contribution is -2.32. The first-order valence-corrected chi connectivity index (χ1v) is 7.60. The molecule has 8 heteroatoms. The molecule has 0 saturated carbocycles. The molecule has 8 nitrogen and oxygen atoms in total. The summed E-state index contributed by atoms with van der Waals surface area (Å²) in [7, 11) is 0. The van der Waals surface area contributed by atoms with Gasteiger partial charge in [0.05, 0.1) is 26.4 Å². The maximum atomic E-state index is 5.28. The average molecular weight is 324 g/mol. The van der Waals surface area contributed by atoms with Crippen molar-refractivity contribution in [1.29, 1.82) is 0 Å². The zero-order valence-electron chi connectivity index (χ0n) is 14.6. The lowest BCUT2D eigenvalue weighted by atomic mass is 10.4. The predicted molar refractivity (Wildman–Crippen MR) is 88.2 cm³/mol. The summed E-state index contributed by atoms with van der Waals surface area (Å²) < 4.78 is 21.1. The van der Waals surface area contributed by atoms with Crippen LogP contribution in [0.25, 0.3) is 0 Å². The van der Waals surface area contributed by atoms with Gasteiger partial charge >= 0.3 is 0 Å². The molecule has 0 aliphatic rings. The van der Waals surface area contributed by atoms with E-state index in [0.717, 1.165) is 0 Å². The van der Waals surface area contributed by atoms with Crippen LogP contribution in [0.5, 0.6) is 0 Å². The van der Waals surface area contributed by atoms with Gasteiger partial charge in [0.2, 0.25) is 0 Å². The molecule has 0 aliphatic carbocycles. The van der Waals surface area contributed by atoms with Crippen LogP contribution in [0.1, 0.15) is 27.7 Å². The third-order valence-electron chi connectivity index (χ3n) is 2.27. The van der Waals surface area contributed by atoms with E-state index >= 15 is 0 Å². The molecule has 0 radical (unpaired) electrons. The zero-order chi connectivity index (χ0) is 17.5. The van der Waals surface area contributed by atoms with E-state index in [9.17, 15) is 0 Å². The van der Waals surface area contributed by atoms with E-state index in [1.54, 1.807) is 0 Å². The molecule has 0 bridgehead atoms. The summed E-state index contributed by atoms with van der Waals surface area (Å²) in [6.07, 6.45) is 0. The number of ether oxygens (including phenoxy) is 4. The molecule has 0 rings (SSSR count). The Kier molecular flexibility index (Phi) is 15.5. The Balaban J connectivity index is 0. The van der Waals surface area contributed by atoms with Crippen molar-refractivity contribution in [3.05, 3.63) is 0 Å². The maximum Gasteiger partial charge on any atom is 0.162 e. The SMILES string of the molecule is CC(C)(OCCN)OCCN.CC(C)(OCCN)OCCN. The van der Waals surface area contributed by atoms with E-state index in [1.807, 2.05) is 27.7 Å². The molecule has 22 heavy (non-hydrogen) atoms. The van der Waals surface area contributed by atoms with Gasteiger partial charge < -0.3 is 41.9 Å². The number of nitrogens with two attached hydrogens (primary N) is 4. The summed E-state index contributed by atoms with van der Waals surface area (Å²) in [5.74, 6) is -1.11. The molecule has 0 unspecified atom stereocenters. The Hall–Kier alpha value is -0.320. The van der Waals surface area contributed by atoms with Crippen LogP contribution in [0.4, 0.5) is 0 Å². The summed E-state index contributed by atoms with van der Waals surface area (Å²) in [4.78, 5) is 0. The van der Waals surface area contributed by atoms with Crippen molar-refractivity contribution in [2.24, 2.45) is 22.9 Å². The highest BCUT2D eigenvalue weighted by Crippen LogP contribution is 2.10. The van der Waals surface area contributed by atoms with Crippen molar-refractivity contribution < 1.29 is 18.9 Å². The topological polar surface area (TPSA) is 141 Å². The molecule has 136 valence electrons. The summed E-state index contributed by atoms with van der Waals surface area (Å²) in [5, 5.41) is 0. The molecule has 0 saturated heterocycles. The van der Waals surface area contributed by atoms with Gasteiger partial charge in [-0.05, 0) is 27.7 Å². The Bertz CT molecular complexity index is 197. The number of rotatable bonds is 12. The molecular weight excluding hydrogens is 288 g/mol. The lowest BCUT2D eigenvalue weighted by Gasteiger charge is -2.25. The molecule has 0 spiro atoms. The largest absolute Gasteiger partial charge is 0.349 e. The Morgan fingerprint density at radius 1 is 0.500 bits per heavy atom. The van der Waals surface area contributed by atoms with Crippen molar-refractivity contribution in [2.45, 2.75) is 39.3 Å². The maximum absolute atomic E-state index is 5.28. The van der Waals surface area contributed by atoms with Crippen molar-refractivity contribution in [2.75, 3.05) is 52.6 Å². The number of hydrogen-bond donors (Lipinski definition) is 4. The van der Waals surface area contributed by atoms with Gasteiger partial charge in [-0.2, -0.15) is 0 Å². The van der Waals surface area contributed by atoms with Gasteiger partial charge in [0.25, 0.3) is 0 Å². The van der Waals surface area contributed by atoms with Crippen LogP contribution in [0.2, 0.25) is 0 Å². The first kappa shape index (κ1) is 23.9. The molecule has 0 aromatic carbocycles. The number of hydrogen-bond acceptors (Lipinski definition) is 8. The van der Waals surface area contributed by atoms with Gasteiger partial charge in [-0.25, -0.2) is 0 Å². The predicted octanol–water partition coefficient (Wildman–Crippen LogP) is -0.654. The molecule has 0 aliphatic heterocycles. The minimum atomic E-state index is -0.557. The highest BCUT2D eigenvalue weighted by atomic mass is 16.7. The third kappa shape index (κ3) is 17.7. The van der Waals surface area contributed by atoms with Gasteiger partial charge in [0, 0.05) is 26.2 Å². The summed E-state index contributed by atoms with van der Waals surface area (Å²) in [5.41, 5.74) is 21.0. The second-order valence-corrected chi connectivity index (χ2v) is 5.35. The van der Waals surface area contributed by atoms with E-state index in [4.69, 9.17) is 41.9 Å². The fourth-order valence-electron chi connectivity index (χ4n) is 1.30. The minimum Gasteiger partial charge on any atom is -0.349 e. The fraction of sp³-hybridized carbons (Fsp3) is 1.00.